The first-order valence-corrected chi connectivity index (χ1v) is 8.29. The van der Waals surface area contributed by atoms with Crippen LogP contribution in [0.5, 0.6) is 5.75 Å². The van der Waals surface area contributed by atoms with Crippen molar-refractivity contribution in [1.82, 2.24) is 9.97 Å². The molecule has 0 aliphatic heterocycles. The average molecular weight is 340 g/mol. The Bertz CT molecular complexity index is 818. The first kappa shape index (κ1) is 16.1. The Morgan fingerprint density at radius 2 is 2.04 bits per heavy atom. The van der Waals surface area contributed by atoms with E-state index in [0.29, 0.717) is 23.6 Å². The van der Waals surface area contributed by atoms with Crippen molar-refractivity contribution < 1.29 is 14.3 Å². The second-order valence-corrected chi connectivity index (χ2v) is 6.13. The zero-order valence-electron chi connectivity index (χ0n) is 13.1. The monoisotopic (exact) mass is 340 g/mol. The van der Waals surface area contributed by atoms with Gasteiger partial charge in [-0.1, -0.05) is 12.1 Å². The summed E-state index contributed by atoms with van der Waals surface area (Å²) in [5, 5.41) is 2.96. The Balaban J connectivity index is 1.58. The smallest absolute Gasteiger partial charge is 0.338 e. The van der Waals surface area contributed by atoms with Crippen molar-refractivity contribution in [2.24, 2.45) is 0 Å². The molecule has 2 aromatic heterocycles. The minimum atomic E-state index is -0.407. The number of benzene rings is 1. The van der Waals surface area contributed by atoms with E-state index < -0.39 is 5.97 Å². The Morgan fingerprint density at radius 1 is 1.12 bits per heavy atom. The SMILES string of the molecule is Cc1nc(COc2cccc(C(=O)OCc3ccccn3)c2)cs1. The van der Waals surface area contributed by atoms with E-state index >= 15 is 0 Å². The molecule has 0 unspecified atom stereocenters. The number of thiazole rings is 1. The topological polar surface area (TPSA) is 61.3 Å². The standard InChI is InChI=1S/C18H16N2O3S/c1-13-20-16(12-24-13)11-22-17-7-4-5-14(9-17)18(21)23-10-15-6-2-3-8-19-15/h2-9,12H,10-11H2,1H3. The molecular weight excluding hydrogens is 324 g/mol. The lowest BCUT2D eigenvalue weighted by Gasteiger charge is -2.07. The predicted octanol–water partition coefficient (Wildman–Crippen LogP) is 3.78. The summed E-state index contributed by atoms with van der Waals surface area (Å²) < 4.78 is 11.0. The van der Waals surface area contributed by atoms with E-state index in [4.69, 9.17) is 9.47 Å². The Morgan fingerprint density at radius 3 is 2.79 bits per heavy atom. The zero-order valence-corrected chi connectivity index (χ0v) is 14.0. The van der Waals surface area contributed by atoms with Gasteiger partial charge in [-0.2, -0.15) is 0 Å². The minimum absolute atomic E-state index is 0.142. The molecule has 5 nitrogen and oxygen atoms in total. The molecule has 6 heteroatoms. The fourth-order valence-corrected chi connectivity index (χ4v) is 2.65. The van der Waals surface area contributed by atoms with Gasteiger partial charge >= 0.3 is 5.97 Å². The van der Waals surface area contributed by atoms with E-state index in [2.05, 4.69) is 9.97 Å². The average Bonchev–Trinajstić information content (AvgIpc) is 3.04. The van der Waals surface area contributed by atoms with Crippen LogP contribution < -0.4 is 4.74 Å². The van der Waals surface area contributed by atoms with Gasteiger partial charge in [0.15, 0.2) is 0 Å². The molecule has 0 bridgehead atoms. The summed E-state index contributed by atoms with van der Waals surface area (Å²) in [6.07, 6.45) is 1.66. The van der Waals surface area contributed by atoms with Crippen molar-refractivity contribution in [1.29, 1.82) is 0 Å². The van der Waals surface area contributed by atoms with Crippen LogP contribution in [0, 0.1) is 6.92 Å². The van der Waals surface area contributed by atoms with Gasteiger partial charge in [0.25, 0.3) is 0 Å². The fourth-order valence-electron chi connectivity index (χ4n) is 2.05. The second kappa shape index (κ2) is 7.70. The number of hydrogen-bond acceptors (Lipinski definition) is 6. The third-order valence-corrected chi connectivity index (χ3v) is 4.02. The van der Waals surface area contributed by atoms with E-state index in [9.17, 15) is 4.79 Å². The number of aryl methyl sites for hydroxylation is 1. The highest BCUT2D eigenvalue weighted by Crippen LogP contribution is 2.17. The van der Waals surface area contributed by atoms with Gasteiger partial charge in [-0.15, -0.1) is 11.3 Å². The van der Waals surface area contributed by atoms with Gasteiger partial charge in [-0.05, 0) is 37.3 Å². The normalized spacial score (nSPS) is 10.4. The molecule has 0 radical (unpaired) electrons. The molecule has 24 heavy (non-hydrogen) atoms. The summed E-state index contributed by atoms with van der Waals surface area (Å²) in [6, 6.07) is 12.4. The van der Waals surface area contributed by atoms with Crippen LogP contribution in [0.3, 0.4) is 0 Å². The number of carbonyl (C=O) groups is 1. The van der Waals surface area contributed by atoms with Crippen LogP contribution in [0.1, 0.15) is 26.8 Å². The molecule has 0 fully saturated rings. The van der Waals surface area contributed by atoms with Gasteiger partial charge in [0.05, 0.1) is 22.0 Å². The first-order valence-electron chi connectivity index (χ1n) is 7.41. The largest absolute Gasteiger partial charge is 0.487 e. The van der Waals surface area contributed by atoms with Gasteiger partial charge < -0.3 is 9.47 Å². The van der Waals surface area contributed by atoms with E-state index in [1.54, 1.807) is 41.8 Å². The fraction of sp³-hybridized carbons (Fsp3) is 0.167. The first-order chi connectivity index (χ1) is 11.7. The highest BCUT2D eigenvalue weighted by molar-refractivity contribution is 7.09. The summed E-state index contributed by atoms with van der Waals surface area (Å²) in [7, 11) is 0. The summed E-state index contributed by atoms with van der Waals surface area (Å²) in [5.74, 6) is 0.198. The van der Waals surface area contributed by atoms with Crippen LogP contribution in [-0.2, 0) is 18.0 Å². The van der Waals surface area contributed by atoms with Crippen LogP contribution in [-0.4, -0.2) is 15.9 Å². The van der Waals surface area contributed by atoms with Gasteiger partial charge in [0.2, 0.25) is 0 Å². The van der Waals surface area contributed by atoms with Gasteiger partial charge in [-0.25, -0.2) is 9.78 Å². The van der Waals surface area contributed by atoms with E-state index in [0.717, 1.165) is 10.7 Å². The summed E-state index contributed by atoms with van der Waals surface area (Å²) in [5.41, 5.74) is 2.02. The molecule has 0 aliphatic rings. The van der Waals surface area contributed by atoms with Crippen LogP contribution in [0.25, 0.3) is 0 Å². The number of hydrogen-bond donors (Lipinski definition) is 0. The lowest BCUT2D eigenvalue weighted by molar-refractivity contribution is 0.0467. The van der Waals surface area contributed by atoms with Gasteiger partial charge in [-0.3, -0.25) is 4.98 Å². The summed E-state index contributed by atoms with van der Waals surface area (Å²) >= 11 is 1.58. The van der Waals surface area contributed by atoms with Crippen molar-refractivity contribution in [3.63, 3.8) is 0 Å². The van der Waals surface area contributed by atoms with Crippen LogP contribution >= 0.6 is 11.3 Å². The molecule has 0 amide bonds. The van der Waals surface area contributed by atoms with E-state index in [1.165, 1.54) is 0 Å². The number of rotatable bonds is 6. The number of carbonyl (C=O) groups excluding carboxylic acids is 1. The molecule has 0 aliphatic carbocycles. The number of aromatic nitrogens is 2. The van der Waals surface area contributed by atoms with Crippen LogP contribution in [0.15, 0.2) is 54.0 Å². The number of nitrogens with zero attached hydrogens (tertiary/aromatic N) is 2. The summed E-state index contributed by atoms with van der Waals surface area (Å²) in [6.45, 7) is 2.46. The molecule has 0 atom stereocenters. The lowest BCUT2D eigenvalue weighted by atomic mass is 10.2. The molecule has 0 spiro atoms. The molecule has 0 N–H and O–H groups in total. The Labute approximate surface area is 143 Å². The van der Waals surface area contributed by atoms with Crippen molar-refractivity contribution in [2.45, 2.75) is 20.1 Å². The highest BCUT2D eigenvalue weighted by atomic mass is 32.1. The molecule has 122 valence electrons. The molecule has 0 saturated heterocycles. The van der Waals surface area contributed by atoms with Crippen molar-refractivity contribution >= 4 is 17.3 Å². The van der Waals surface area contributed by atoms with Crippen LogP contribution in [0.2, 0.25) is 0 Å². The molecule has 2 heterocycles. The maximum absolute atomic E-state index is 12.1. The number of ether oxygens (including phenoxy) is 2. The third-order valence-electron chi connectivity index (χ3n) is 3.20. The Hall–Kier alpha value is -2.73. The minimum Gasteiger partial charge on any atom is -0.487 e. The molecule has 0 saturated carbocycles. The van der Waals surface area contributed by atoms with Crippen molar-refractivity contribution in [3.8, 4) is 5.75 Å². The maximum Gasteiger partial charge on any atom is 0.338 e. The second-order valence-electron chi connectivity index (χ2n) is 5.07. The molecular formula is C18H16N2O3S. The maximum atomic E-state index is 12.1. The van der Waals surface area contributed by atoms with E-state index in [-0.39, 0.29) is 6.61 Å². The molecule has 1 aromatic carbocycles. The number of pyridine rings is 1. The Kier molecular flexibility index (Phi) is 5.18. The predicted molar refractivity (Wildman–Crippen MR) is 91.0 cm³/mol. The quantitative estimate of drug-likeness (QED) is 0.639. The highest BCUT2D eigenvalue weighted by Gasteiger charge is 2.09. The molecule has 3 aromatic rings. The summed E-state index contributed by atoms with van der Waals surface area (Å²) in [4.78, 5) is 20.6. The van der Waals surface area contributed by atoms with Crippen molar-refractivity contribution in [3.05, 3.63) is 76.0 Å². The third kappa shape index (κ3) is 4.39. The van der Waals surface area contributed by atoms with Crippen LogP contribution in [0.4, 0.5) is 0 Å². The zero-order chi connectivity index (χ0) is 16.8. The van der Waals surface area contributed by atoms with E-state index in [1.807, 2.05) is 30.5 Å². The number of esters is 1. The van der Waals surface area contributed by atoms with Gasteiger partial charge in [0.1, 0.15) is 19.0 Å². The van der Waals surface area contributed by atoms with Gasteiger partial charge in [0, 0.05) is 11.6 Å². The lowest BCUT2D eigenvalue weighted by Crippen LogP contribution is -2.06. The van der Waals surface area contributed by atoms with Crippen molar-refractivity contribution in [2.75, 3.05) is 0 Å². The molecule has 3 rings (SSSR count).